The van der Waals surface area contributed by atoms with Crippen LogP contribution in [0.15, 0.2) is 48.5 Å². The molecule has 0 aliphatic carbocycles. The summed E-state index contributed by atoms with van der Waals surface area (Å²) in [5.74, 6) is -0.369. The van der Waals surface area contributed by atoms with Crippen molar-refractivity contribution in [1.29, 1.82) is 0 Å². The molecule has 0 bridgehead atoms. The fourth-order valence-corrected chi connectivity index (χ4v) is 1.91. The molecule has 2 amide bonds. The molecule has 108 valence electrons. The summed E-state index contributed by atoms with van der Waals surface area (Å²) in [6, 6.07) is 13.4. The molecule has 2 rings (SSSR count). The normalized spacial score (nSPS) is 10.1. The molecular formula is C16H16N2O3. The molecule has 0 saturated heterocycles. The average Bonchev–Trinajstić information content (AvgIpc) is 2.43. The van der Waals surface area contributed by atoms with Crippen LogP contribution in [-0.2, 0) is 22.4 Å². The number of phenols is 1. The molecular weight excluding hydrogens is 268 g/mol. The van der Waals surface area contributed by atoms with E-state index in [1.165, 1.54) is 0 Å². The second kappa shape index (κ2) is 6.56. The third kappa shape index (κ3) is 4.65. The number of carbonyl (C=O) groups excluding carboxylic acids is 2. The average molecular weight is 284 g/mol. The van der Waals surface area contributed by atoms with Crippen molar-refractivity contribution in [2.75, 3.05) is 5.32 Å². The van der Waals surface area contributed by atoms with E-state index in [2.05, 4.69) is 5.32 Å². The molecule has 0 heterocycles. The van der Waals surface area contributed by atoms with Gasteiger partial charge < -0.3 is 16.2 Å². The van der Waals surface area contributed by atoms with Crippen molar-refractivity contribution in [2.24, 2.45) is 5.73 Å². The number of phenolic OH excluding ortho intramolecular Hbond substituents is 1. The molecule has 0 aromatic heterocycles. The van der Waals surface area contributed by atoms with Crippen molar-refractivity contribution in [3.63, 3.8) is 0 Å². The number of carbonyl (C=O) groups is 2. The summed E-state index contributed by atoms with van der Waals surface area (Å²) in [5.41, 5.74) is 7.39. The Bertz CT molecular complexity index is 634. The number of hydrogen-bond donors (Lipinski definition) is 3. The molecule has 0 saturated carbocycles. The van der Waals surface area contributed by atoms with Crippen LogP contribution < -0.4 is 11.1 Å². The quantitative estimate of drug-likeness (QED) is 0.778. The third-order valence-corrected chi connectivity index (χ3v) is 2.92. The Hall–Kier alpha value is -2.82. The molecule has 0 atom stereocenters. The molecule has 0 aliphatic rings. The number of aromatic hydroxyl groups is 1. The van der Waals surface area contributed by atoms with E-state index in [1.54, 1.807) is 48.5 Å². The molecule has 21 heavy (non-hydrogen) atoms. The molecule has 0 aliphatic heterocycles. The van der Waals surface area contributed by atoms with Crippen LogP contribution in [0.25, 0.3) is 0 Å². The highest BCUT2D eigenvalue weighted by Gasteiger charge is 2.05. The van der Waals surface area contributed by atoms with Crippen LogP contribution in [0.1, 0.15) is 11.1 Å². The number of benzene rings is 2. The predicted octanol–water partition coefficient (Wildman–Crippen LogP) is 1.60. The SMILES string of the molecule is NC(=O)Cc1ccc(NC(=O)Cc2ccc(O)cc2)cc1. The highest BCUT2D eigenvalue weighted by molar-refractivity contribution is 5.92. The smallest absolute Gasteiger partial charge is 0.228 e. The first-order chi connectivity index (χ1) is 10.0. The predicted molar refractivity (Wildman–Crippen MR) is 79.8 cm³/mol. The van der Waals surface area contributed by atoms with Crippen molar-refractivity contribution >= 4 is 17.5 Å². The number of primary amides is 1. The fraction of sp³-hybridized carbons (Fsp3) is 0.125. The van der Waals surface area contributed by atoms with Gasteiger partial charge in [-0.3, -0.25) is 9.59 Å². The molecule has 2 aromatic carbocycles. The standard InChI is InChI=1S/C16H16N2O3/c17-15(20)9-11-1-5-13(6-2-11)18-16(21)10-12-3-7-14(19)8-4-12/h1-8,19H,9-10H2,(H2,17,20)(H,18,21). The van der Waals surface area contributed by atoms with E-state index >= 15 is 0 Å². The van der Waals surface area contributed by atoms with Crippen LogP contribution in [0.2, 0.25) is 0 Å². The molecule has 5 nitrogen and oxygen atoms in total. The van der Waals surface area contributed by atoms with Gasteiger partial charge in [0.1, 0.15) is 5.75 Å². The van der Waals surface area contributed by atoms with Gasteiger partial charge in [0.2, 0.25) is 11.8 Å². The molecule has 0 radical (unpaired) electrons. The molecule has 0 unspecified atom stereocenters. The summed E-state index contributed by atoms with van der Waals surface area (Å²) in [6.07, 6.45) is 0.408. The summed E-state index contributed by atoms with van der Waals surface area (Å²) in [6.45, 7) is 0. The summed E-state index contributed by atoms with van der Waals surface area (Å²) in [4.78, 5) is 22.7. The summed E-state index contributed by atoms with van der Waals surface area (Å²) in [5, 5.41) is 11.9. The Morgan fingerprint density at radius 3 is 2.00 bits per heavy atom. The van der Waals surface area contributed by atoms with Gasteiger partial charge in [-0.2, -0.15) is 0 Å². The van der Waals surface area contributed by atoms with E-state index in [0.29, 0.717) is 5.69 Å². The minimum atomic E-state index is -0.390. The van der Waals surface area contributed by atoms with Crippen molar-refractivity contribution in [1.82, 2.24) is 0 Å². The number of amides is 2. The van der Waals surface area contributed by atoms with Crippen molar-refractivity contribution < 1.29 is 14.7 Å². The first kappa shape index (κ1) is 14.6. The number of nitrogens with one attached hydrogen (secondary N) is 1. The Kier molecular flexibility index (Phi) is 4.56. The monoisotopic (exact) mass is 284 g/mol. The lowest BCUT2D eigenvalue weighted by Gasteiger charge is -2.06. The zero-order valence-corrected chi connectivity index (χ0v) is 11.4. The van der Waals surface area contributed by atoms with Crippen LogP contribution in [-0.4, -0.2) is 16.9 Å². The van der Waals surface area contributed by atoms with Crippen LogP contribution in [0.4, 0.5) is 5.69 Å². The van der Waals surface area contributed by atoms with Crippen molar-refractivity contribution in [2.45, 2.75) is 12.8 Å². The molecule has 0 spiro atoms. The summed E-state index contributed by atoms with van der Waals surface area (Å²) in [7, 11) is 0. The van der Waals surface area contributed by atoms with E-state index in [0.717, 1.165) is 11.1 Å². The second-order valence-electron chi connectivity index (χ2n) is 4.73. The van der Waals surface area contributed by atoms with E-state index in [-0.39, 0.29) is 30.4 Å². The lowest BCUT2D eigenvalue weighted by Crippen LogP contribution is -2.15. The first-order valence-electron chi connectivity index (χ1n) is 6.48. The number of anilines is 1. The maximum Gasteiger partial charge on any atom is 0.228 e. The van der Waals surface area contributed by atoms with E-state index in [4.69, 9.17) is 5.73 Å². The Morgan fingerprint density at radius 1 is 0.905 bits per heavy atom. The van der Waals surface area contributed by atoms with Gasteiger partial charge in [0.25, 0.3) is 0 Å². The molecule has 0 fully saturated rings. The largest absolute Gasteiger partial charge is 0.508 e. The summed E-state index contributed by atoms with van der Waals surface area (Å²) >= 11 is 0. The number of rotatable bonds is 5. The number of nitrogens with two attached hydrogens (primary N) is 1. The van der Waals surface area contributed by atoms with Gasteiger partial charge in [0, 0.05) is 5.69 Å². The van der Waals surface area contributed by atoms with E-state index in [1.807, 2.05) is 0 Å². The highest BCUT2D eigenvalue weighted by atomic mass is 16.3. The van der Waals surface area contributed by atoms with Crippen molar-refractivity contribution in [3.8, 4) is 5.75 Å². The first-order valence-corrected chi connectivity index (χ1v) is 6.48. The number of hydrogen-bond acceptors (Lipinski definition) is 3. The molecule has 5 heteroatoms. The van der Waals surface area contributed by atoms with Gasteiger partial charge in [-0.25, -0.2) is 0 Å². The van der Waals surface area contributed by atoms with Gasteiger partial charge in [0.15, 0.2) is 0 Å². The summed E-state index contributed by atoms with van der Waals surface area (Å²) < 4.78 is 0. The van der Waals surface area contributed by atoms with Gasteiger partial charge in [-0.15, -0.1) is 0 Å². The zero-order chi connectivity index (χ0) is 15.2. The van der Waals surface area contributed by atoms with Crippen LogP contribution in [0, 0.1) is 0 Å². The molecule has 2 aromatic rings. The minimum Gasteiger partial charge on any atom is -0.508 e. The minimum absolute atomic E-state index is 0.150. The van der Waals surface area contributed by atoms with Crippen LogP contribution in [0.5, 0.6) is 5.75 Å². The van der Waals surface area contributed by atoms with Gasteiger partial charge >= 0.3 is 0 Å². The van der Waals surface area contributed by atoms with Crippen LogP contribution >= 0.6 is 0 Å². The van der Waals surface area contributed by atoms with Gasteiger partial charge in [-0.1, -0.05) is 24.3 Å². The van der Waals surface area contributed by atoms with Crippen molar-refractivity contribution in [3.05, 3.63) is 59.7 Å². The topological polar surface area (TPSA) is 92.4 Å². The third-order valence-electron chi connectivity index (χ3n) is 2.92. The van der Waals surface area contributed by atoms with E-state index in [9.17, 15) is 14.7 Å². The van der Waals surface area contributed by atoms with Gasteiger partial charge in [-0.05, 0) is 35.4 Å². The van der Waals surface area contributed by atoms with Crippen LogP contribution in [0.3, 0.4) is 0 Å². The molecule has 4 N–H and O–H groups in total. The Morgan fingerprint density at radius 2 is 1.43 bits per heavy atom. The maximum atomic E-state index is 11.9. The second-order valence-corrected chi connectivity index (χ2v) is 4.73. The maximum absolute atomic E-state index is 11.9. The Labute approximate surface area is 122 Å². The lowest BCUT2D eigenvalue weighted by atomic mass is 10.1. The Balaban J connectivity index is 1.93. The van der Waals surface area contributed by atoms with E-state index < -0.39 is 0 Å². The lowest BCUT2D eigenvalue weighted by molar-refractivity contribution is -0.117. The fourth-order valence-electron chi connectivity index (χ4n) is 1.91. The van der Waals surface area contributed by atoms with Gasteiger partial charge in [0.05, 0.1) is 12.8 Å². The highest BCUT2D eigenvalue weighted by Crippen LogP contribution is 2.13. The zero-order valence-electron chi connectivity index (χ0n) is 11.4.